The van der Waals surface area contributed by atoms with E-state index in [4.69, 9.17) is 15.2 Å². The molecule has 0 atom stereocenters. The molecule has 21 heavy (non-hydrogen) atoms. The van der Waals surface area contributed by atoms with Crippen molar-refractivity contribution < 1.29 is 14.3 Å². The highest BCUT2D eigenvalue weighted by molar-refractivity contribution is 5.95. The predicted octanol–water partition coefficient (Wildman–Crippen LogP) is 2.34. The topological polar surface area (TPSA) is 73.6 Å². The number of carbonyl (C=O) groups excluding carboxylic acids is 1. The number of nitrogens with two attached hydrogens (primary N) is 1. The molecule has 0 saturated carbocycles. The van der Waals surface area contributed by atoms with E-state index in [2.05, 4.69) is 5.32 Å². The van der Waals surface area contributed by atoms with Crippen LogP contribution in [-0.4, -0.2) is 31.2 Å². The van der Waals surface area contributed by atoms with E-state index < -0.39 is 0 Å². The molecule has 0 unspecified atom stereocenters. The summed E-state index contributed by atoms with van der Waals surface area (Å²) in [6, 6.07) is 5.21. The normalized spacial score (nSPS) is 11.1. The van der Waals surface area contributed by atoms with E-state index in [0.717, 1.165) is 0 Å². The molecule has 1 aromatic rings. The number of hydrogen-bond acceptors (Lipinski definition) is 4. The second-order valence-electron chi connectivity index (χ2n) is 5.40. The van der Waals surface area contributed by atoms with Gasteiger partial charge in [0.25, 0.3) is 5.91 Å². The van der Waals surface area contributed by atoms with E-state index >= 15 is 0 Å². The number of nitrogens with one attached hydrogen (secondary N) is 1. The van der Waals surface area contributed by atoms with Gasteiger partial charge in [0.2, 0.25) is 0 Å². The van der Waals surface area contributed by atoms with Gasteiger partial charge in [-0.3, -0.25) is 4.79 Å². The van der Waals surface area contributed by atoms with Crippen molar-refractivity contribution in [3.63, 3.8) is 0 Å². The van der Waals surface area contributed by atoms with Crippen LogP contribution in [0.3, 0.4) is 0 Å². The van der Waals surface area contributed by atoms with E-state index in [1.54, 1.807) is 18.2 Å². The number of ether oxygens (including phenoxy) is 2. The predicted molar refractivity (Wildman–Crippen MR) is 84.0 cm³/mol. The Bertz CT molecular complexity index is 473. The van der Waals surface area contributed by atoms with Crippen LogP contribution in [0.1, 0.15) is 44.5 Å². The van der Waals surface area contributed by atoms with Crippen LogP contribution in [0.5, 0.6) is 11.5 Å². The van der Waals surface area contributed by atoms with Crippen molar-refractivity contribution in [3.8, 4) is 11.5 Å². The maximum absolute atomic E-state index is 12.3. The van der Waals surface area contributed by atoms with Crippen molar-refractivity contribution in [2.75, 3.05) is 19.8 Å². The van der Waals surface area contributed by atoms with Crippen molar-refractivity contribution in [3.05, 3.63) is 23.8 Å². The van der Waals surface area contributed by atoms with E-state index in [1.807, 2.05) is 27.7 Å². The lowest BCUT2D eigenvalue weighted by Crippen LogP contribution is -2.44. The molecule has 3 N–H and O–H groups in total. The van der Waals surface area contributed by atoms with Gasteiger partial charge in [-0.2, -0.15) is 0 Å². The Morgan fingerprint density at radius 2 is 1.81 bits per heavy atom. The molecular formula is C16H26N2O3. The Morgan fingerprint density at radius 3 is 2.38 bits per heavy atom. The number of hydrogen-bond donors (Lipinski definition) is 2. The zero-order valence-electron chi connectivity index (χ0n) is 13.4. The van der Waals surface area contributed by atoms with Crippen LogP contribution in [0.25, 0.3) is 0 Å². The van der Waals surface area contributed by atoms with Crippen molar-refractivity contribution >= 4 is 5.91 Å². The van der Waals surface area contributed by atoms with Crippen LogP contribution in [-0.2, 0) is 0 Å². The molecule has 1 amide bonds. The highest BCUT2D eigenvalue weighted by atomic mass is 16.5. The zero-order chi connectivity index (χ0) is 15.9. The number of amides is 1. The minimum atomic E-state index is -0.337. The second kappa shape index (κ2) is 7.88. The fourth-order valence-corrected chi connectivity index (χ4v) is 2.00. The van der Waals surface area contributed by atoms with Gasteiger partial charge in [0.1, 0.15) is 0 Å². The highest BCUT2D eigenvalue weighted by Crippen LogP contribution is 2.28. The molecule has 0 aliphatic carbocycles. The molecule has 118 valence electrons. The van der Waals surface area contributed by atoms with Gasteiger partial charge >= 0.3 is 0 Å². The van der Waals surface area contributed by atoms with Crippen molar-refractivity contribution in [1.82, 2.24) is 5.32 Å². The minimum Gasteiger partial charge on any atom is -0.490 e. The first-order chi connectivity index (χ1) is 9.93. The number of rotatable bonds is 8. The van der Waals surface area contributed by atoms with Gasteiger partial charge in [0, 0.05) is 11.1 Å². The second-order valence-corrected chi connectivity index (χ2v) is 5.40. The summed E-state index contributed by atoms with van der Waals surface area (Å²) in [5.74, 6) is 1.10. The lowest BCUT2D eigenvalue weighted by Gasteiger charge is -2.25. The molecule has 0 spiro atoms. The van der Waals surface area contributed by atoms with Crippen LogP contribution in [0, 0.1) is 0 Å². The first-order valence-corrected chi connectivity index (χ1v) is 7.35. The Hall–Kier alpha value is -1.75. The van der Waals surface area contributed by atoms with Crippen molar-refractivity contribution in [2.24, 2.45) is 5.73 Å². The van der Waals surface area contributed by atoms with E-state index in [9.17, 15) is 4.79 Å². The van der Waals surface area contributed by atoms with Gasteiger partial charge in [0.15, 0.2) is 11.5 Å². The lowest BCUT2D eigenvalue weighted by atomic mass is 10.00. The van der Waals surface area contributed by atoms with Crippen LogP contribution < -0.4 is 20.5 Å². The van der Waals surface area contributed by atoms with Gasteiger partial charge in [0.05, 0.1) is 13.2 Å². The maximum atomic E-state index is 12.3. The summed E-state index contributed by atoms with van der Waals surface area (Å²) >= 11 is 0. The Kier molecular flexibility index (Phi) is 6.49. The van der Waals surface area contributed by atoms with Crippen LogP contribution in [0.15, 0.2) is 18.2 Å². The zero-order valence-corrected chi connectivity index (χ0v) is 13.4. The molecule has 0 aliphatic heterocycles. The van der Waals surface area contributed by atoms with Gasteiger partial charge < -0.3 is 20.5 Å². The molecule has 5 heteroatoms. The third-order valence-corrected chi connectivity index (χ3v) is 3.03. The lowest BCUT2D eigenvalue weighted by molar-refractivity contribution is 0.0910. The molecule has 1 aromatic carbocycles. The first-order valence-electron chi connectivity index (χ1n) is 7.35. The summed E-state index contributed by atoms with van der Waals surface area (Å²) in [4.78, 5) is 12.3. The minimum absolute atomic E-state index is 0.141. The molecule has 0 heterocycles. The molecule has 0 bridgehead atoms. The molecule has 1 rings (SSSR count). The molecular weight excluding hydrogens is 268 g/mol. The fourth-order valence-electron chi connectivity index (χ4n) is 2.00. The average molecular weight is 294 g/mol. The third kappa shape index (κ3) is 5.27. The van der Waals surface area contributed by atoms with E-state index in [-0.39, 0.29) is 11.4 Å². The van der Waals surface area contributed by atoms with Crippen molar-refractivity contribution in [1.29, 1.82) is 0 Å². The standard InChI is InChI=1S/C16H26N2O3/c1-5-20-13-8-7-12(11-14(13)21-6-2)15(19)18-16(3,4)9-10-17/h7-8,11H,5-6,9-10,17H2,1-4H3,(H,18,19). The molecule has 0 fully saturated rings. The van der Waals surface area contributed by atoms with Gasteiger partial charge in [-0.25, -0.2) is 0 Å². The Labute approximate surface area is 126 Å². The summed E-state index contributed by atoms with van der Waals surface area (Å²) in [7, 11) is 0. The first kappa shape index (κ1) is 17.3. The fraction of sp³-hybridized carbons (Fsp3) is 0.562. The van der Waals surface area contributed by atoms with E-state index in [0.29, 0.717) is 43.2 Å². The molecule has 0 saturated heterocycles. The van der Waals surface area contributed by atoms with Gasteiger partial charge in [-0.05, 0) is 58.9 Å². The van der Waals surface area contributed by atoms with Crippen LogP contribution in [0.4, 0.5) is 0 Å². The quantitative estimate of drug-likeness (QED) is 0.772. The largest absolute Gasteiger partial charge is 0.490 e. The molecule has 5 nitrogen and oxygen atoms in total. The van der Waals surface area contributed by atoms with E-state index in [1.165, 1.54) is 0 Å². The van der Waals surface area contributed by atoms with Crippen molar-refractivity contribution in [2.45, 2.75) is 39.7 Å². The Morgan fingerprint density at radius 1 is 1.19 bits per heavy atom. The summed E-state index contributed by atoms with van der Waals surface area (Å²) < 4.78 is 11.0. The Balaban J connectivity index is 2.92. The maximum Gasteiger partial charge on any atom is 0.251 e. The highest BCUT2D eigenvalue weighted by Gasteiger charge is 2.21. The number of benzene rings is 1. The monoisotopic (exact) mass is 294 g/mol. The SMILES string of the molecule is CCOc1ccc(C(=O)NC(C)(C)CCN)cc1OCC. The average Bonchev–Trinajstić information content (AvgIpc) is 2.40. The summed E-state index contributed by atoms with van der Waals surface area (Å²) in [6.45, 7) is 9.31. The van der Waals surface area contributed by atoms with Gasteiger partial charge in [-0.15, -0.1) is 0 Å². The summed E-state index contributed by atoms with van der Waals surface area (Å²) in [5, 5.41) is 2.98. The molecule has 0 radical (unpaired) electrons. The third-order valence-electron chi connectivity index (χ3n) is 3.03. The van der Waals surface area contributed by atoms with Crippen LogP contribution >= 0.6 is 0 Å². The summed E-state index contributed by atoms with van der Waals surface area (Å²) in [6.07, 6.45) is 0.716. The van der Waals surface area contributed by atoms with Gasteiger partial charge in [-0.1, -0.05) is 0 Å². The molecule has 0 aliphatic rings. The van der Waals surface area contributed by atoms with Crippen LogP contribution in [0.2, 0.25) is 0 Å². The smallest absolute Gasteiger partial charge is 0.251 e. The molecule has 0 aromatic heterocycles. The number of carbonyl (C=O) groups is 1. The summed E-state index contributed by atoms with van der Waals surface area (Å²) in [5.41, 5.74) is 5.77.